The van der Waals surface area contributed by atoms with E-state index in [9.17, 15) is 4.79 Å². The highest BCUT2D eigenvalue weighted by Gasteiger charge is 2.28. The maximum Gasteiger partial charge on any atom is 0.249 e. The lowest BCUT2D eigenvalue weighted by atomic mass is 9.91. The molecule has 0 aliphatic carbocycles. The number of rotatable bonds is 8. The molecule has 2 rings (SSSR count). The smallest absolute Gasteiger partial charge is 0.249 e. The second kappa shape index (κ2) is 9.08. The van der Waals surface area contributed by atoms with Crippen LogP contribution in [0.25, 0.3) is 11.4 Å². The molecule has 0 unspecified atom stereocenters. The quantitative estimate of drug-likeness (QED) is 0.720. The number of amides is 1. The van der Waals surface area contributed by atoms with Gasteiger partial charge in [-0.15, -0.1) is 0 Å². The van der Waals surface area contributed by atoms with Crippen LogP contribution in [-0.2, 0) is 4.79 Å². The molecule has 7 nitrogen and oxygen atoms in total. The molecule has 7 heteroatoms. The summed E-state index contributed by atoms with van der Waals surface area (Å²) in [6, 6.07) is 5.10. The molecule has 1 aromatic heterocycles. The van der Waals surface area contributed by atoms with Crippen LogP contribution in [0, 0.1) is 11.3 Å². The molecule has 1 aromatic carbocycles. The highest BCUT2D eigenvalue weighted by molar-refractivity contribution is 5.77. The Kier molecular flexibility index (Phi) is 7.05. The van der Waals surface area contributed by atoms with Crippen molar-refractivity contribution in [1.29, 1.82) is 0 Å². The first-order chi connectivity index (χ1) is 13.2. The van der Waals surface area contributed by atoms with Crippen molar-refractivity contribution < 1.29 is 18.8 Å². The number of hydrogen-bond acceptors (Lipinski definition) is 6. The van der Waals surface area contributed by atoms with Gasteiger partial charge in [-0.3, -0.25) is 4.79 Å². The van der Waals surface area contributed by atoms with Crippen molar-refractivity contribution in [1.82, 2.24) is 15.5 Å². The molecule has 2 aromatic rings. The van der Waals surface area contributed by atoms with Crippen molar-refractivity contribution in [3.05, 3.63) is 24.1 Å². The van der Waals surface area contributed by atoms with Crippen LogP contribution in [0.3, 0.4) is 0 Å². The second-order valence-corrected chi connectivity index (χ2v) is 8.19. The number of nitrogens with one attached hydrogen (secondary N) is 1. The van der Waals surface area contributed by atoms with Gasteiger partial charge in [0.15, 0.2) is 11.5 Å². The van der Waals surface area contributed by atoms with Crippen molar-refractivity contribution in [2.45, 2.75) is 53.5 Å². The molecular weight excluding hydrogens is 358 g/mol. The summed E-state index contributed by atoms with van der Waals surface area (Å²) in [5, 5.41) is 7.17. The van der Waals surface area contributed by atoms with Gasteiger partial charge in [-0.25, -0.2) is 0 Å². The standard InChI is InChI=1S/C21H31N3O4/c1-8-13(2)18(22-17(25)12-21(3,4)5)20-23-19(24-28-20)14-9-10-15(26-6)16(11-14)27-7/h9-11,13,18H,8,12H2,1-7H3,(H,22,25)/t13-,18+/m1/s1. The fourth-order valence-electron chi connectivity index (χ4n) is 2.84. The van der Waals surface area contributed by atoms with Gasteiger partial charge in [0.1, 0.15) is 6.04 Å². The largest absolute Gasteiger partial charge is 0.493 e. The van der Waals surface area contributed by atoms with Crippen molar-refractivity contribution in [2.75, 3.05) is 14.2 Å². The zero-order chi connectivity index (χ0) is 20.9. The minimum atomic E-state index is -0.332. The fraction of sp³-hybridized carbons (Fsp3) is 0.571. The third-order valence-corrected chi connectivity index (χ3v) is 4.57. The number of aromatic nitrogens is 2. The molecule has 154 valence electrons. The topological polar surface area (TPSA) is 86.5 Å². The molecule has 0 saturated heterocycles. The van der Waals surface area contributed by atoms with E-state index in [1.165, 1.54) is 0 Å². The Balaban J connectivity index is 2.28. The van der Waals surface area contributed by atoms with E-state index in [0.717, 1.165) is 12.0 Å². The van der Waals surface area contributed by atoms with Gasteiger partial charge in [-0.05, 0) is 29.5 Å². The van der Waals surface area contributed by atoms with E-state index in [1.807, 2.05) is 26.8 Å². The number of benzene rings is 1. The summed E-state index contributed by atoms with van der Waals surface area (Å²) < 4.78 is 16.1. The zero-order valence-electron chi connectivity index (χ0n) is 17.8. The average Bonchev–Trinajstić information content (AvgIpc) is 3.13. The summed E-state index contributed by atoms with van der Waals surface area (Å²) in [6.07, 6.45) is 1.30. The van der Waals surface area contributed by atoms with Crippen LogP contribution in [0.15, 0.2) is 22.7 Å². The van der Waals surface area contributed by atoms with Crippen molar-refractivity contribution in [3.63, 3.8) is 0 Å². The molecule has 0 saturated carbocycles. The van der Waals surface area contributed by atoms with Gasteiger partial charge >= 0.3 is 0 Å². The van der Waals surface area contributed by atoms with E-state index in [2.05, 4.69) is 29.3 Å². The van der Waals surface area contributed by atoms with Crippen molar-refractivity contribution in [3.8, 4) is 22.9 Å². The van der Waals surface area contributed by atoms with E-state index in [1.54, 1.807) is 26.4 Å². The predicted molar refractivity (Wildman–Crippen MR) is 107 cm³/mol. The summed E-state index contributed by atoms with van der Waals surface area (Å²) in [4.78, 5) is 17.0. The third-order valence-electron chi connectivity index (χ3n) is 4.57. The van der Waals surface area contributed by atoms with E-state index in [4.69, 9.17) is 14.0 Å². The zero-order valence-corrected chi connectivity index (χ0v) is 17.8. The van der Waals surface area contributed by atoms with Crippen LogP contribution in [0.1, 0.15) is 59.4 Å². The van der Waals surface area contributed by atoms with Gasteiger partial charge in [0.2, 0.25) is 17.6 Å². The van der Waals surface area contributed by atoms with E-state index >= 15 is 0 Å². The van der Waals surface area contributed by atoms with Crippen molar-refractivity contribution in [2.24, 2.45) is 11.3 Å². The van der Waals surface area contributed by atoms with Crippen LogP contribution in [-0.4, -0.2) is 30.3 Å². The minimum absolute atomic E-state index is 0.0244. The Morgan fingerprint density at radius 2 is 1.89 bits per heavy atom. The van der Waals surface area contributed by atoms with Gasteiger partial charge < -0.3 is 19.3 Å². The van der Waals surface area contributed by atoms with E-state index in [-0.39, 0.29) is 23.3 Å². The number of methoxy groups -OCH3 is 2. The van der Waals surface area contributed by atoms with Gasteiger partial charge in [-0.2, -0.15) is 4.98 Å². The van der Waals surface area contributed by atoms with Crippen LogP contribution < -0.4 is 14.8 Å². The van der Waals surface area contributed by atoms with Gasteiger partial charge in [-0.1, -0.05) is 46.2 Å². The summed E-state index contributed by atoms with van der Waals surface area (Å²) in [5.74, 6) is 2.19. The number of hydrogen-bond donors (Lipinski definition) is 1. The van der Waals surface area contributed by atoms with Gasteiger partial charge in [0.05, 0.1) is 14.2 Å². The molecule has 2 atom stereocenters. The van der Waals surface area contributed by atoms with Crippen LogP contribution in [0.5, 0.6) is 11.5 Å². The first-order valence-corrected chi connectivity index (χ1v) is 9.53. The van der Waals surface area contributed by atoms with Crippen LogP contribution >= 0.6 is 0 Å². The van der Waals surface area contributed by atoms with Crippen LogP contribution in [0.2, 0.25) is 0 Å². The monoisotopic (exact) mass is 389 g/mol. The third kappa shape index (κ3) is 5.47. The normalized spacial score (nSPS) is 13.7. The number of nitrogens with zero attached hydrogens (tertiary/aromatic N) is 2. The molecule has 0 aliphatic heterocycles. The second-order valence-electron chi connectivity index (χ2n) is 8.19. The number of carbonyl (C=O) groups excluding carboxylic acids is 1. The summed E-state index contributed by atoms with van der Waals surface area (Å²) in [5.41, 5.74) is 0.653. The lowest BCUT2D eigenvalue weighted by Gasteiger charge is -2.23. The highest BCUT2D eigenvalue weighted by atomic mass is 16.5. The summed E-state index contributed by atoms with van der Waals surface area (Å²) >= 11 is 0. The molecule has 1 amide bonds. The van der Waals surface area contributed by atoms with Gasteiger partial charge in [0.25, 0.3) is 0 Å². The SMILES string of the molecule is CC[C@@H](C)[C@H](NC(=O)CC(C)(C)C)c1nc(-c2ccc(OC)c(OC)c2)no1. The Hall–Kier alpha value is -2.57. The lowest BCUT2D eigenvalue weighted by Crippen LogP contribution is -2.34. The molecule has 0 spiro atoms. The minimum Gasteiger partial charge on any atom is -0.493 e. The Morgan fingerprint density at radius 1 is 1.21 bits per heavy atom. The van der Waals surface area contributed by atoms with E-state index < -0.39 is 0 Å². The maximum absolute atomic E-state index is 12.5. The molecule has 0 radical (unpaired) electrons. The van der Waals surface area contributed by atoms with E-state index in [0.29, 0.717) is 29.6 Å². The molecule has 28 heavy (non-hydrogen) atoms. The molecule has 1 heterocycles. The summed E-state index contributed by atoms with van der Waals surface area (Å²) in [7, 11) is 3.16. The number of carbonyl (C=O) groups is 1. The average molecular weight is 389 g/mol. The summed E-state index contributed by atoms with van der Waals surface area (Å²) in [6.45, 7) is 10.2. The molecule has 0 aliphatic rings. The molecule has 1 N–H and O–H groups in total. The Labute approximate surface area is 166 Å². The molecule has 0 fully saturated rings. The highest BCUT2D eigenvalue weighted by Crippen LogP contribution is 2.32. The Bertz CT molecular complexity index is 795. The number of ether oxygens (including phenoxy) is 2. The maximum atomic E-state index is 12.5. The predicted octanol–water partition coefficient (Wildman–Crippen LogP) is 4.39. The molecular formula is C21H31N3O4. The first kappa shape index (κ1) is 21.7. The van der Waals surface area contributed by atoms with Crippen LogP contribution in [0.4, 0.5) is 0 Å². The fourth-order valence-corrected chi connectivity index (χ4v) is 2.84. The Morgan fingerprint density at radius 3 is 2.46 bits per heavy atom. The van der Waals surface area contributed by atoms with Crippen molar-refractivity contribution >= 4 is 5.91 Å². The first-order valence-electron chi connectivity index (χ1n) is 9.53. The molecule has 0 bridgehead atoms. The lowest BCUT2D eigenvalue weighted by molar-refractivity contribution is -0.124. The van der Waals surface area contributed by atoms with Gasteiger partial charge in [0, 0.05) is 12.0 Å².